The van der Waals surface area contributed by atoms with Crippen LogP contribution in [0.2, 0.25) is 0 Å². The molecule has 1 aliphatic carbocycles. The highest BCUT2D eigenvalue weighted by Crippen LogP contribution is 2.60. The van der Waals surface area contributed by atoms with Gasteiger partial charge < -0.3 is 0 Å². The molecule has 1 heterocycles. The molecule has 0 unspecified atom stereocenters. The maximum Gasteiger partial charge on any atom is 0.161 e. The summed E-state index contributed by atoms with van der Waals surface area (Å²) in [7, 11) is 0. The van der Waals surface area contributed by atoms with E-state index < -0.39 is 5.41 Å². The zero-order chi connectivity index (χ0) is 40.3. The Hall–Kier alpha value is -7.94. The van der Waals surface area contributed by atoms with Gasteiger partial charge in [-0.2, -0.15) is 0 Å². The van der Waals surface area contributed by atoms with E-state index in [1.807, 2.05) is 6.07 Å². The molecular formula is C59H38N2. The lowest BCUT2D eigenvalue weighted by Gasteiger charge is -2.36. The topological polar surface area (TPSA) is 25.8 Å². The van der Waals surface area contributed by atoms with E-state index in [2.05, 4.69) is 224 Å². The molecule has 1 aliphatic rings. The van der Waals surface area contributed by atoms with Gasteiger partial charge in [0.1, 0.15) is 0 Å². The maximum absolute atomic E-state index is 5.36. The molecule has 11 aromatic rings. The largest absolute Gasteiger partial charge is 0.228 e. The minimum absolute atomic E-state index is 0.591. The molecule has 0 spiro atoms. The standard InChI is InChI=1S/C59H38N2/c1-4-19-41(20-5-1)54-38-55(43-32-31-39-17-10-11-21-42(39)37-43)61-58(60-54)53-36-35-49(47-27-14-15-28-48(47)53)50-29-16-30-51-52-34-33-40-18-12-13-26-46(40)56(52)59(57(50)51,44-22-6-2-7-23-44)45-24-8-3-9-25-45/h1-38H. The van der Waals surface area contributed by atoms with Crippen LogP contribution in [0.5, 0.6) is 0 Å². The lowest BCUT2D eigenvalue weighted by atomic mass is 9.65. The van der Waals surface area contributed by atoms with Crippen molar-refractivity contribution in [3.8, 4) is 56.2 Å². The first-order valence-corrected chi connectivity index (χ1v) is 21.0. The van der Waals surface area contributed by atoms with Gasteiger partial charge in [-0.15, -0.1) is 0 Å². The lowest BCUT2D eigenvalue weighted by Crippen LogP contribution is -2.29. The number of fused-ring (bicyclic) bond motifs is 7. The Morgan fingerprint density at radius 3 is 1.48 bits per heavy atom. The number of hydrogen-bond acceptors (Lipinski definition) is 2. The van der Waals surface area contributed by atoms with Crippen LogP contribution in [0, 0.1) is 0 Å². The zero-order valence-electron chi connectivity index (χ0n) is 33.3. The van der Waals surface area contributed by atoms with Crippen molar-refractivity contribution in [1.29, 1.82) is 0 Å². The van der Waals surface area contributed by atoms with E-state index in [1.165, 1.54) is 66.1 Å². The van der Waals surface area contributed by atoms with Crippen LogP contribution in [-0.2, 0) is 5.41 Å². The first-order chi connectivity index (χ1) is 30.3. The van der Waals surface area contributed by atoms with Gasteiger partial charge in [0.15, 0.2) is 5.82 Å². The molecule has 0 aliphatic heterocycles. The van der Waals surface area contributed by atoms with Gasteiger partial charge in [0.2, 0.25) is 0 Å². The molecular weight excluding hydrogens is 737 g/mol. The molecule has 284 valence electrons. The summed E-state index contributed by atoms with van der Waals surface area (Å²) in [4.78, 5) is 10.7. The van der Waals surface area contributed by atoms with E-state index in [4.69, 9.17) is 9.97 Å². The SMILES string of the molecule is c1ccc(-c2cc(-c3ccc4ccccc4c3)nc(-c3ccc(-c4cccc5c4C(c4ccccc4)(c4ccccc4)c4c-5ccc5ccccc45)c4ccccc34)n2)cc1. The van der Waals surface area contributed by atoms with E-state index in [1.54, 1.807) is 0 Å². The second kappa shape index (κ2) is 14.1. The van der Waals surface area contributed by atoms with Gasteiger partial charge >= 0.3 is 0 Å². The maximum atomic E-state index is 5.36. The van der Waals surface area contributed by atoms with Crippen molar-refractivity contribution in [2.75, 3.05) is 0 Å². The monoisotopic (exact) mass is 774 g/mol. The van der Waals surface area contributed by atoms with Crippen LogP contribution < -0.4 is 0 Å². The first-order valence-electron chi connectivity index (χ1n) is 21.0. The van der Waals surface area contributed by atoms with Gasteiger partial charge in [0.25, 0.3) is 0 Å². The molecule has 1 aromatic heterocycles. The van der Waals surface area contributed by atoms with E-state index in [0.717, 1.165) is 38.9 Å². The molecule has 0 bridgehead atoms. The molecule has 0 atom stereocenters. The Labute approximate surface area is 355 Å². The van der Waals surface area contributed by atoms with Gasteiger partial charge in [-0.05, 0) is 95.0 Å². The fourth-order valence-corrected chi connectivity index (χ4v) is 10.1. The molecule has 0 saturated carbocycles. The summed E-state index contributed by atoms with van der Waals surface area (Å²) in [6.07, 6.45) is 0. The molecule has 2 heteroatoms. The highest BCUT2D eigenvalue weighted by molar-refractivity contribution is 6.08. The average molecular weight is 775 g/mol. The number of aromatic nitrogens is 2. The van der Waals surface area contributed by atoms with Crippen molar-refractivity contribution in [3.63, 3.8) is 0 Å². The minimum atomic E-state index is -0.591. The number of benzene rings is 10. The molecule has 0 amide bonds. The fourth-order valence-electron chi connectivity index (χ4n) is 10.1. The van der Waals surface area contributed by atoms with Gasteiger partial charge in [-0.3, -0.25) is 0 Å². The van der Waals surface area contributed by atoms with Crippen molar-refractivity contribution < 1.29 is 0 Å². The van der Waals surface area contributed by atoms with Crippen LogP contribution in [-0.4, -0.2) is 9.97 Å². The molecule has 0 fully saturated rings. The van der Waals surface area contributed by atoms with E-state index in [0.29, 0.717) is 5.82 Å². The summed E-state index contributed by atoms with van der Waals surface area (Å²) < 4.78 is 0. The van der Waals surface area contributed by atoms with Crippen LogP contribution in [0.1, 0.15) is 22.3 Å². The first kappa shape index (κ1) is 35.0. The van der Waals surface area contributed by atoms with Gasteiger partial charge in [-0.25, -0.2) is 9.97 Å². The molecule has 0 saturated heterocycles. The average Bonchev–Trinajstić information content (AvgIpc) is 3.66. The third-order valence-electron chi connectivity index (χ3n) is 12.7. The van der Waals surface area contributed by atoms with Crippen LogP contribution in [0.15, 0.2) is 231 Å². The van der Waals surface area contributed by atoms with Gasteiger partial charge in [0.05, 0.1) is 16.8 Å². The quantitative estimate of drug-likeness (QED) is 0.168. The van der Waals surface area contributed by atoms with Crippen molar-refractivity contribution in [2.45, 2.75) is 5.41 Å². The zero-order valence-corrected chi connectivity index (χ0v) is 33.3. The highest BCUT2D eigenvalue weighted by Gasteiger charge is 2.48. The fraction of sp³-hybridized carbons (Fsp3) is 0.0169. The number of rotatable bonds is 6. The smallest absolute Gasteiger partial charge is 0.161 e. The second-order valence-corrected chi connectivity index (χ2v) is 16.0. The van der Waals surface area contributed by atoms with Crippen LogP contribution in [0.4, 0.5) is 0 Å². The summed E-state index contributed by atoms with van der Waals surface area (Å²) in [5, 5.41) is 7.17. The Bertz CT molecular complexity index is 3420. The van der Waals surface area contributed by atoms with Crippen molar-refractivity contribution >= 4 is 32.3 Å². The Kier molecular flexibility index (Phi) is 8.11. The molecule has 61 heavy (non-hydrogen) atoms. The van der Waals surface area contributed by atoms with E-state index >= 15 is 0 Å². The van der Waals surface area contributed by atoms with Crippen molar-refractivity contribution in [3.05, 3.63) is 253 Å². The second-order valence-electron chi connectivity index (χ2n) is 16.0. The molecule has 12 rings (SSSR count). The number of nitrogens with zero attached hydrogens (tertiary/aromatic N) is 2. The van der Waals surface area contributed by atoms with E-state index in [-0.39, 0.29) is 0 Å². The van der Waals surface area contributed by atoms with E-state index in [9.17, 15) is 0 Å². The summed E-state index contributed by atoms with van der Waals surface area (Å²) in [5.41, 5.74) is 14.4. The normalized spacial score (nSPS) is 12.7. The van der Waals surface area contributed by atoms with Crippen molar-refractivity contribution in [1.82, 2.24) is 9.97 Å². The predicted octanol–water partition coefficient (Wildman–Crippen LogP) is 15.0. The predicted molar refractivity (Wildman–Crippen MR) is 254 cm³/mol. The number of hydrogen-bond donors (Lipinski definition) is 0. The Morgan fingerprint density at radius 2 is 0.770 bits per heavy atom. The molecule has 0 radical (unpaired) electrons. The molecule has 10 aromatic carbocycles. The highest BCUT2D eigenvalue weighted by atomic mass is 14.9. The van der Waals surface area contributed by atoms with Gasteiger partial charge in [0, 0.05) is 16.7 Å². The third kappa shape index (κ3) is 5.50. The summed E-state index contributed by atoms with van der Waals surface area (Å²) in [6, 6.07) is 83.7. The van der Waals surface area contributed by atoms with Crippen LogP contribution in [0.3, 0.4) is 0 Å². The molecule has 0 N–H and O–H groups in total. The Morgan fingerprint density at radius 1 is 0.279 bits per heavy atom. The van der Waals surface area contributed by atoms with Crippen molar-refractivity contribution in [2.24, 2.45) is 0 Å². The summed E-state index contributed by atoms with van der Waals surface area (Å²) >= 11 is 0. The minimum Gasteiger partial charge on any atom is -0.228 e. The summed E-state index contributed by atoms with van der Waals surface area (Å²) in [6.45, 7) is 0. The van der Waals surface area contributed by atoms with Crippen LogP contribution >= 0.6 is 0 Å². The Balaban J connectivity index is 1.12. The molecule has 2 nitrogen and oxygen atoms in total. The van der Waals surface area contributed by atoms with Gasteiger partial charge in [-0.1, -0.05) is 212 Å². The summed E-state index contributed by atoms with van der Waals surface area (Å²) in [5.74, 6) is 0.701. The lowest BCUT2D eigenvalue weighted by molar-refractivity contribution is 0.777. The van der Waals surface area contributed by atoms with Crippen LogP contribution in [0.25, 0.3) is 88.5 Å². The third-order valence-corrected chi connectivity index (χ3v) is 12.7.